The van der Waals surface area contributed by atoms with E-state index in [0.717, 1.165) is 0 Å². The number of nitrogens with two attached hydrogens (primary N) is 1. The predicted molar refractivity (Wildman–Crippen MR) is 67.7 cm³/mol. The van der Waals surface area contributed by atoms with Gasteiger partial charge in [0.05, 0.1) is 13.2 Å². The van der Waals surface area contributed by atoms with Crippen LogP contribution in [0, 0.1) is 5.82 Å². The van der Waals surface area contributed by atoms with E-state index in [1.165, 1.54) is 13.2 Å². The first-order chi connectivity index (χ1) is 8.49. The Bertz CT molecular complexity index is 421. The number of amides is 1. The number of benzene rings is 1. The monoisotopic (exact) mass is 254 g/mol. The van der Waals surface area contributed by atoms with Gasteiger partial charge in [0.1, 0.15) is 0 Å². The van der Waals surface area contributed by atoms with Gasteiger partial charge in [0.2, 0.25) is 5.91 Å². The van der Waals surface area contributed by atoms with E-state index >= 15 is 0 Å². The van der Waals surface area contributed by atoms with Crippen molar-refractivity contribution in [3.63, 3.8) is 0 Å². The molecule has 0 radical (unpaired) electrons. The lowest BCUT2D eigenvalue weighted by molar-refractivity contribution is -0.132. The van der Waals surface area contributed by atoms with Crippen LogP contribution in [0.1, 0.15) is 19.4 Å². The average Bonchev–Trinajstić information content (AvgIpc) is 2.35. The van der Waals surface area contributed by atoms with Gasteiger partial charge in [-0.3, -0.25) is 4.79 Å². The van der Waals surface area contributed by atoms with Crippen molar-refractivity contribution in [2.45, 2.75) is 26.4 Å². The number of nitrogens with zero attached hydrogens (tertiary/aromatic N) is 1. The van der Waals surface area contributed by atoms with E-state index in [9.17, 15) is 9.18 Å². The highest BCUT2D eigenvalue weighted by atomic mass is 19.1. The van der Waals surface area contributed by atoms with E-state index in [2.05, 4.69) is 0 Å². The molecule has 0 aliphatic carbocycles. The van der Waals surface area contributed by atoms with Crippen molar-refractivity contribution in [3.05, 3.63) is 29.6 Å². The lowest BCUT2D eigenvalue weighted by Gasteiger charge is -2.23. The molecule has 1 aromatic carbocycles. The Kier molecular flexibility index (Phi) is 5.09. The molecule has 100 valence electrons. The fourth-order valence-corrected chi connectivity index (χ4v) is 1.66. The molecule has 4 nitrogen and oxygen atoms in total. The summed E-state index contributed by atoms with van der Waals surface area (Å²) in [7, 11) is 1.41. The topological polar surface area (TPSA) is 55.6 Å². The number of likely N-dealkylation sites (N-methyl/N-ethyl adjacent to an activating group) is 1. The standard InChI is InChI=1S/C13H19FN2O2/c1-4-16(13(17)9(2)15)8-10-5-6-12(18-3)11(14)7-10/h5-7,9H,4,8,15H2,1-3H3/t9-/m0/s1. The van der Waals surface area contributed by atoms with Gasteiger partial charge in [0, 0.05) is 13.1 Å². The molecule has 0 bridgehead atoms. The van der Waals surface area contributed by atoms with Crippen LogP contribution in [0.25, 0.3) is 0 Å². The Labute approximate surface area is 107 Å². The Balaban J connectivity index is 2.82. The van der Waals surface area contributed by atoms with Crippen molar-refractivity contribution in [3.8, 4) is 5.75 Å². The number of halogens is 1. The first-order valence-electron chi connectivity index (χ1n) is 5.86. The summed E-state index contributed by atoms with van der Waals surface area (Å²) in [6, 6.07) is 4.11. The van der Waals surface area contributed by atoms with Gasteiger partial charge in [0.15, 0.2) is 11.6 Å². The number of ether oxygens (including phenoxy) is 1. The largest absolute Gasteiger partial charge is 0.494 e. The minimum absolute atomic E-state index is 0.145. The van der Waals surface area contributed by atoms with E-state index in [4.69, 9.17) is 10.5 Å². The zero-order valence-corrected chi connectivity index (χ0v) is 10.9. The number of hydrogen-bond acceptors (Lipinski definition) is 3. The summed E-state index contributed by atoms with van der Waals surface area (Å²) < 4.78 is 18.4. The van der Waals surface area contributed by atoms with Crippen molar-refractivity contribution < 1.29 is 13.9 Å². The molecule has 1 rings (SSSR count). The number of rotatable bonds is 5. The van der Waals surface area contributed by atoms with Crippen molar-refractivity contribution in [1.29, 1.82) is 0 Å². The molecule has 18 heavy (non-hydrogen) atoms. The van der Waals surface area contributed by atoms with Crippen molar-refractivity contribution in [2.75, 3.05) is 13.7 Å². The highest BCUT2D eigenvalue weighted by Crippen LogP contribution is 2.18. The Morgan fingerprint density at radius 2 is 2.22 bits per heavy atom. The van der Waals surface area contributed by atoms with E-state index in [-0.39, 0.29) is 11.7 Å². The van der Waals surface area contributed by atoms with Gasteiger partial charge >= 0.3 is 0 Å². The van der Waals surface area contributed by atoms with Gasteiger partial charge in [-0.15, -0.1) is 0 Å². The van der Waals surface area contributed by atoms with Crippen LogP contribution in [0.2, 0.25) is 0 Å². The van der Waals surface area contributed by atoms with Crippen LogP contribution in [-0.4, -0.2) is 30.5 Å². The third-order valence-electron chi connectivity index (χ3n) is 2.67. The first-order valence-corrected chi connectivity index (χ1v) is 5.86. The zero-order chi connectivity index (χ0) is 13.7. The van der Waals surface area contributed by atoms with Gasteiger partial charge in [-0.05, 0) is 31.5 Å². The molecule has 1 atom stereocenters. The van der Waals surface area contributed by atoms with E-state index in [1.54, 1.807) is 24.0 Å². The number of hydrogen-bond donors (Lipinski definition) is 1. The van der Waals surface area contributed by atoms with Crippen LogP contribution in [0.4, 0.5) is 4.39 Å². The number of carbonyl (C=O) groups is 1. The molecule has 0 aliphatic rings. The molecule has 0 aliphatic heterocycles. The van der Waals surface area contributed by atoms with Gasteiger partial charge < -0.3 is 15.4 Å². The van der Waals surface area contributed by atoms with Crippen LogP contribution in [0.15, 0.2) is 18.2 Å². The van der Waals surface area contributed by atoms with E-state index in [1.807, 2.05) is 6.92 Å². The molecule has 5 heteroatoms. The van der Waals surface area contributed by atoms with Crippen LogP contribution in [-0.2, 0) is 11.3 Å². The number of methoxy groups -OCH3 is 1. The van der Waals surface area contributed by atoms with Gasteiger partial charge in [-0.2, -0.15) is 0 Å². The molecule has 0 saturated heterocycles. The summed E-state index contributed by atoms with van der Waals surface area (Å²) in [5.74, 6) is -0.381. The smallest absolute Gasteiger partial charge is 0.239 e. The molecule has 1 aromatic rings. The third-order valence-corrected chi connectivity index (χ3v) is 2.67. The summed E-state index contributed by atoms with van der Waals surface area (Å²) in [6.45, 7) is 4.38. The third kappa shape index (κ3) is 3.43. The summed E-state index contributed by atoms with van der Waals surface area (Å²) in [5, 5.41) is 0. The maximum atomic E-state index is 13.5. The molecule has 0 aromatic heterocycles. The predicted octanol–water partition coefficient (Wildman–Crippen LogP) is 1.53. The first kappa shape index (κ1) is 14.4. The second kappa shape index (κ2) is 6.35. The fraction of sp³-hybridized carbons (Fsp3) is 0.462. The number of carbonyl (C=O) groups excluding carboxylic acids is 1. The molecule has 0 spiro atoms. The lowest BCUT2D eigenvalue weighted by Crippen LogP contribution is -2.41. The highest BCUT2D eigenvalue weighted by molar-refractivity contribution is 5.81. The van der Waals surface area contributed by atoms with Gasteiger partial charge in [-0.25, -0.2) is 4.39 Å². The lowest BCUT2D eigenvalue weighted by atomic mass is 10.2. The molecular weight excluding hydrogens is 235 g/mol. The Morgan fingerprint density at radius 1 is 1.56 bits per heavy atom. The van der Waals surface area contributed by atoms with Gasteiger partial charge in [0.25, 0.3) is 0 Å². The zero-order valence-electron chi connectivity index (χ0n) is 10.9. The molecule has 0 saturated carbocycles. The van der Waals surface area contributed by atoms with Crippen molar-refractivity contribution in [2.24, 2.45) is 5.73 Å². The Hall–Kier alpha value is -1.62. The summed E-state index contributed by atoms with van der Waals surface area (Å²) in [4.78, 5) is 13.4. The van der Waals surface area contributed by atoms with Crippen LogP contribution >= 0.6 is 0 Å². The highest BCUT2D eigenvalue weighted by Gasteiger charge is 2.16. The normalized spacial score (nSPS) is 12.1. The Morgan fingerprint density at radius 3 is 2.67 bits per heavy atom. The fourth-order valence-electron chi connectivity index (χ4n) is 1.66. The quantitative estimate of drug-likeness (QED) is 0.867. The maximum absolute atomic E-state index is 13.5. The van der Waals surface area contributed by atoms with Crippen LogP contribution in [0.3, 0.4) is 0 Å². The van der Waals surface area contributed by atoms with Crippen LogP contribution < -0.4 is 10.5 Å². The molecular formula is C13H19FN2O2. The molecule has 2 N–H and O–H groups in total. The maximum Gasteiger partial charge on any atom is 0.239 e. The second-order valence-corrected chi connectivity index (χ2v) is 4.11. The molecule has 0 heterocycles. The van der Waals surface area contributed by atoms with E-state index < -0.39 is 11.9 Å². The average molecular weight is 254 g/mol. The molecule has 1 amide bonds. The van der Waals surface area contributed by atoms with Crippen LogP contribution in [0.5, 0.6) is 5.75 Å². The van der Waals surface area contributed by atoms with Crippen molar-refractivity contribution >= 4 is 5.91 Å². The molecule has 0 fully saturated rings. The van der Waals surface area contributed by atoms with Gasteiger partial charge in [-0.1, -0.05) is 6.07 Å². The summed E-state index contributed by atoms with van der Waals surface area (Å²) >= 11 is 0. The summed E-state index contributed by atoms with van der Waals surface area (Å²) in [5.41, 5.74) is 6.27. The minimum Gasteiger partial charge on any atom is -0.494 e. The summed E-state index contributed by atoms with van der Waals surface area (Å²) in [6.07, 6.45) is 0. The minimum atomic E-state index is -0.548. The SMILES string of the molecule is CCN(Cc1ccc(OC)c(F)c1)C(=O)[C@H](C)N. The van der Waals surface area contributed by atoms with Crippen molar-refractivity contribution in [1.82, 2.24) is 4.90 Å². The second-order valence-electron chi connectivity index (χ2n) is 4.11. The molecule has 0 unspecified atom stereocenters. The van der Waals surface area contributed by atoms with E-state index in [0.29, 0.717) is 18.7 Å².